The maximum absolute atomic E-state index is 12.1. The molecule has 0 aromatic heterocycles. The quantitative estimate of drug-likeness (QED) is 0.749. The van der Waals surface area contributed by atoms with Crippen LogP contribution in [0.5, 0.6) is 0 Å². The van der Waals surface area contributed by atoms with Crippen LogP contribution >= 0.6 is 0 Å². The molecule has 1 atom stereocenters. The van der Waals surface area contributed by atoms with Crippen molar-refractivity contribution in [3.05, 3.63) is 48.0 Å². The van der Waals surface area contributed by atoms with Crippen LogP contribution in [0.4, 0.5) is 0 Å². The van der Waals surface area contributed by atoms with Crippen LogP contribution in [0.2, 0.25) is 0 Å². The lowest BCUT2D eigenvalue weighted by atomic mass is 10.0. The maximum Gasteiger partial charge on any atom is 0.305 e. The largest absolute Gasteiger partial charge is 0.469 e. The van der Waals surface area contributed by atoms with Crippen molar-refractivity contribution in [2.45, 2.75) is 25.3 Å². The number of esters is 1. The molecule has 0 fully saturated rings. The van der Waals surface area contributed by atoms with Gasteiger partial charge >= 0.3 is 5.97 Å². The van der Waals surface area contributed by atoms with Gasteiger partial charge in [-0.2, -0.15) is 0 Å². The van der Waals surface area contributed by atoms with E-state index in [0.29, 0.717) is 0 Å². The van der Waals surface area contributed by atoms with Gasteiger partial charge in [0.2, 0.25) is 11.8 Å². The zero-order valence-electron chi connectivity index (χ0n) is 13.5. The predicted octanol–water partition coefficient (Wildman–Crippen LogP) is 1.31. The van der Waals surface area contributed by atoms with Gasteiger partial charge in [-0.1, -0.05) is 42.5 Å². The molecule has 0 saturated heterocycles. The highest BCUT2D eigenvalue weighted by Gasteiger charge is 2.19. The molecule has 3 N–H and O–H groups in total. The number of rotatable bonds is 7. The fourth-order valence-electron chi connectivity index (χ4n) is 2.43. The molecule has 24 heavy (non-hydrogen) atoms. The summed E-state index contributed by atoms with van der Waals surface area (Å²) in [5.74, 6) is -1.45. The van der Waals surface area contributed by atoms with E-state index < -0.39 is 17.9 Å². The number of nitrogens with two attached hydrogens (primary N) is 1. The lowest BCUT2D eigenvalue weighted by Gasteiger charge is -2.15. The van der Waals surface area contributed by atoms with Crippen molar-refractivity contribution < 1.29 is 19.1 Å². The van der Waals surface area contributed by atoms with Gasteiger partial charge in [-0.15, -0.1) is 0 Å². The Morgan fingerprint density at radius 3 is 2.50 bits per heavy atom. The van der Waals surface area contributed by atoms with Crippen molar-refractivity contribution in [1.29, 1.82) is 0 Å². The summed E-state index contributed by atoms with van der Waals surface area (Å²) in [6.07, 6.45) is 0.263. The Balaban J connectivity index is 1.98. The van der Waals surface area contributed by atoms with Crippen LogP contribution in [-0.4, -0.2) is 30.9 Å². The van der Waals surface area contributed by atoms with E-state index in [-0.39, 0.29) is 25.2 Å². The summed E-state index contributed by atoms with van der Waals surface area (Å²) < 4.78 is 4.52. The summed E-state index contributed by atoms with van der Waals surface area (Å²) in [5.41, 5.74) is 6.11. The number of benzene rings is 2. The first-order chi connectivity index (χ1) is 11.5. The Bertz CT molecular complexity index is 758. The second-order valence-corrected chi connectivity index (χ2v) is 5.50. The summed E-state index contributed by atoms with van der Waals surface area (Å²) in [6, 6.07) is 12.7. The number of nitrogens with one attached hydrogen (secondary N) is 1. The number of carbonyl (C=O) groups is 3. The minimum atomic E-state index is -0.892. The van der Waals surface area contributed by atoms with Gasteiger partial charge in [-0.25, -0.2) is 0 Å². The Morgan fingerprint density at radius 1 is 1.12 bits per heavy atom. The van der Waals surface area contributed by atoms with Crippen LogP contribution in [-0.2, 0) is 25.5 Å². The van der Waals surface area contributed by atoms with E-state index in [1.807, 2.05) is 42.5 Å². The van der Waals surface area contributed by atoms with Crippen molar-refractivity contribution in [2.24, 2.45) is 5.73 Å². The lowest BCUT2D eigenvalue weighted by Crippen LogP contribution is -2.45. The van der Waals surface area contributed by atoms with E-state index in [2.05, 4.69) is 10.1 Å². The number of hydrogen-bond donors (Lipinski definition) is 2. The number of carbonyl (C=O) groups excluding carboxylic acids is 3. The average Bonchev–Trinajstić information content (AvgIpc) is 2.57. The Kier molecular flexibility index (Phi) is 5.89. The maximum atomic E-state index is 12.1. The Morgan fingerprint density at radius 2 is 1.83 bits per heavy atom. The fraction of sp³-hybridized carbons (Fsp3) is 0.278. The topological polar surface area (TPSA) is 98.5 Å². The molecule has 0 spiro atoms. The van der Waals surface area contributed by atoms with Crippen LogP contribution in [0, 0.1) is 0 Å². The Hall–Kier alpha value is -2.89. The van der Waals surface area contributed by atoms with Gasteiger partial charge in [-0.05, 0) is 22.8 Å². The summed E-state index contributed by atoms with van der Waals surface area (Å²) in [6.45, 7) is 0. The summed E-state index contributed by atoms with van der Waals surface area (Å²) in [4.78, 5) is 34.7. The molecule has 2 amide bonds. The van der Waals surface area contributed by atoms with E-state index in [9.17, 15) is 14.4 Å². The number of primary amides is 1. The molecule has 126 valence electrons. The SMILES string of the molecule is COC(=O)CC[C@H](NC(=O)Cc1ccc2ccccc2c1)C(N)=O. The highest BCUT2D eigenvalue weighted by molar-refractivity contribution is 5.89. The van der Waals surface area contributed by atoms with Gasteiger partial charge in [0.05, 0.1) is 13.5 Å². The van der Waals surface area contributed by atoms with Crippen LogP contribution in [0.3, 0.4) is 0 Å². The van der Waals surface area contributed by atoms with E-state index in [4.69, 9.17) is 5.73 Å². The molecule has 0 bridgehead atoms. The molecule has 0 radical (unpaired) electrons. The third-order valence-electron chi connectivity index (χ3n) is 3.72. The van der Waals surface area contributed by atoms with E-state index >= 15 is 0 Å². The molecule has 0 aliphatic heterocycles. The highest BCUT2D eigenvalue weighted by Crippen LogP contribution is 2.16. The first kappa shape index (κ1) is 17.5. The standard InChI is InChI=1S/C18H20N2O4/c1-24-17(22)9-8-15(18(19)23)20-16(21)11-12-6-7-13-4-2-3-5-14(13)10-12/h2-7,10,15H,8-9,11H2,1H3,(H2,19,23)(H,20,21)/t15-/m0/s1. The molecule has 0 unspecified atom stereocenters. The minimum absolute atomic E-state index is 0.0142. The van der Waals surface area contributed by atoms with Gasteiger partial charge in [0.15, 0.2) is 0 Å². The van der Waals surface area contributed by atoms with E-state index in [1.165, 1.54) is 7.11 Å². The van der Waals surface area contributed by atoms with Crippen molar-refractivity contribution >= 4 is 28.6 Å². The number of ether oxygens (including phenoxy) is 1. The monoisotopic (exact) mass is 328 g/mol. The van der Waals surface area contributed by atoms with Crippen molar-refractivity contribution in [3.8, 4) is 0 Å². The molecule has 0 saturated carbocycles. The summed E-state index contributed by atoms with van der Waals surface area (Å²) >= 11 is 0. The molecule has 2 rings (SSSR count). The van der Waals surface area contributed by atoms with Gasteiger partial charge in [-0.3, -0.25) is 14.4 Å². The van der Waals surface area contributed by atoms with Crippen molar-refractivity contribution in [3.63, 3.8) is 0 Å². The average molecular weight is 328 g/mol. The normalized spacial score (nSPS) is 11.7. The third kappa shape index (κ3) is 4.81. The van der Waals surface area contributed by atoms with Crippen LogP contribution in [0.1, 0.15) is 18.4 Å². The zero-order chi connectivity index (χ0) is 17.5. The first-order valence-electron chi connectivity index (χ1n) is 7.63. The van der Waals surface area contributed by atoms with Crippen LogP contribution in [0.25, 0.3) is 10.8 Å². The third-order valence-corrected chi connectivity index (χ3v) is 3.72. The number of fused-ring (bicyclic) bond motifs is 1. The molecule has 2 aromatic carbocycles. The molecule has 0 heterocycles. The summed E-state index contributed by atoms with van der Waals surface area (Å²) in [7, 11) is 1.26. The second kappa shape index (κ2) is 8.10. The van der Waals surface area contributed by atoms with Gasteiger partial charge in [0.1, 0.15) is 6.04 Å². The van der Waals surface area contributed by atoms with Gasteiger partial charge in [0.25, 0.3) is 0 Å². The van der Waals surface area contributed by atoms with Crippen molar-refractivity contribution in [1.82, 2.24) is 5.32 Å². The number of amides is 2. The minimum Gasteiger partial charge on any atom is -0.469 e. The highest BCUT2D eigenvalue weighted by atomic mass is 16.5. The van der Waals surface area contributed by atoms with E-state index in [0.717, 1.165) is 16.3 Å². The smallest absolute Gasteiger partial charge is 0.305 e. The first-order valence-corrected chi connectivity index (χ1v) is 7.63. The molecular weight excluding hydrogens is 308 g/mol. The van der Waals surface area contributed by atoms with Gasteiger partial charge < -0.3 is 15.8 Å². The molecule has 6 nitrogen and oxygen atoms in total. The van der Waals surface area contributed by atoms with E-state index in [1.54, 1.807) is 0 Å². The molecule has 0 aliphatic rings. The number of hydrogen-bond acceptors (Lipinski definition) is 4. The predicted molar refractivity (Wildman–Crippen MR) is 90.0 cm³/mol. The van der Waals surface area contributed by atoms with Crippen LogP contribution < -0.4 is 11.1 Å². The Labute approximate surface area is 140 Å². The zero-order valence-corrected chi connectivity index (χ0v) is 13.5. The van der Waals surface area contributed by atoms with Gasteiger partial charge in [0, 0.05) is 6.42 Å². The van der Waals surface area contributed by atoms with Crippen molar-refractivity contribution in [2.75, 3.05) is 7.11 Å². The molecule has 6 heteroatoms. The van der Waals surface area contributed by atoms with Crippen LogP contribution in [0.15, 0.2) is 42.5 Å². The molecule has 2 aromatic rings. The molecular formula is C18H20N2O4. The second-order valence-electron chi connectivity index (χ2n) is 5.50. The molecule has 0 aliphatic carbocycles. The summed E-state index contributed by atoms with van der Waals surface area (Å²) in [5, 5.41) is 4.71. The number of methoxy groups -OCH3 is 1. The fourth-order valence-corrected chi connectivity index (χ4v) is 2.43. The lowest BCUT2D eigenvalue weighted by molar-refractivity contribution is -0.141.